The smallest absolute Gasteiger partial charge is 0.331 e. The van der Waals surface area contributed by atoms with Crippen LogP contribution in [-0.2, 0) is 9.53 Å². The number of hydrogen-bond donors (Lipinski definition) is 0. The van der Waals surface area contributed by atoms with E-state index in [1.807, 2.05) is 24.4 Å². The first-order valence-electron chi connectivity index (χ1n) is 4.13. The largest absolute Gasteiger partial charge is 0.463 e. The number of hydrogen-bond acceptors (Lipinski definition) is 3. The van der Waals surface area contributed by atoms with E-state index in [0.29, 0.717) is 6.61 Å². The molecule has 0 aliphatic carbocycles. The highest BCUT2D eigenvalue weighted by Crippen LogP contribution is 2.19. The summed E-state index contributed by atoms with van der Waals surface area (Å²) in [5, 5.41) is 1.98. The third-order valence-corrected chi connectivity index (χ3v) is 2.54. The Balaban J connectivity index is 2.67. The molecular weight excluding hydrogens is 184 g/mol. The van der Waals surface area contributed by atoms with Crippen LogP contribution >= 0.6 is 11.3 Å². The minimum Gasteiger partial charge on any atom is -0.463 e. The molecule has 0 aromatic carbocycles. The van der Waals surface area contributed by atoms with Crippen LogP contribution in [0.3, 0.4) is 0 Å². The second-order valence-corrected chi connectivity index (χ2v) is 3.50. The maximum absolute atomic E-state index is 11.1. The molecule has 0 saturated carbocycles. The van der Waals surface area contributed by atoms with Crippen molar-refractivity contribution in [1.29, 1.82) is 0 Å². The molecular formula is C10H12O2S. The lowest BCUT2D eigenvalue weighted by molar-refractivity contribution is -0.137. The van der Waals surface area contributed by atoms with E-state index in [1.165, 1.54) is 6.08 Å². The Morgan fingerprint density at radius 3 is 3.00 bits per heavy atom. The summed E-state index contributed by atoms with van der Waals surface area (Å²) in [4.78, 5) is 12.2. The number of esters is 1. The van der Waals surface area contributed by atoms with Crippen LogP contribution in [0.5, 0.6) is 0 Å². The Labute approximate surface area is 81.8 Å². The fourth-order valence-electron chi connectivity index (χ4n) is 0.935. The molecule has 0 unspecified atom stereocenters. The first-order valence-corrected chi connectivity index (χ1v) is 5.01. The summed E-state index contributed by atoms with van der Waals surface area (Å²) < 4.78 is 4.80. The predicted octanol–water partition coefficient (Wildman–Crippen LogP) is 2.71. The molecule has 1 aromatic heterocycles. The summed E-state index contributed by atoms with van der Waals surface area (Å²) in [6.07, 6.45) is 1.52. The molecule has 0 saturated heterocycles. The monoisotopic (exact) mass is 196 g/mol. The van der Waals surface area contributed by atoms with Gasteiger partial charge in [-0.25, -0.2) is 4.79 Å². The first-order chi connectivity index (χ1) is 6.24. The number of allylic oxidation sites excluding steroid dienone is 1. The molecule has 0 spiro atoms. The van der Waals surface area contributed by atoms with Gasteiger partial charge in [-0.2, -0.15) is 0 Å². The molecule has 0 atom stereocenters. The van der Waals surface area contributed by atoms with E-state index in [1.54, 1.807) is 18.3 Å². The van der Waals surface area contributed by atoms with Gasteiger partial charge in [0, 0.05) is 11.0 Å². The van der Waals surface area contributed by atoms with Crippen LogP contribution in [-0.4, -0.2) is 12.6 Å². The summed E-state index contributed by atoms with van der Waals surface area (Å²) in [7, 11) is 0. The predicted molar refractivity (Wildman–Crippen MR) is 54.6 cm³/mol. The van der Waals surface area contributed by atoms with Crippen LogP contribution in [0.2, 0.25) is 0 Å². The van der Waals surface area contributed by atoms with Crippen molar-refractivity contribution in [2.45, 2.75) is 13.8 Å². The van der Waals surface area contributed by atoms with E-state index in [9.17, 15) is 4.79 Å². The van der Waals surface area contributed by atoms with Crippen LogP contribution in [0, 0.1) is 0 Å². The van der Waals surface area contributed by atoms with E-state index in [0.717, 1.165) is 10.5 Å². The molecule has 1 rings (SSSR count). The third kappa shape index (κ3) is 3.03. The van der Waals surface area contributed by atoms with Crippen molar-refractivity contribution in [3.05, 3.63) is 28.5 Å². The Kier molecular flexibility index (Phi) is 3.71. The molecule has 0 aliphatic rings. The molecule has 0 N–H and O–H groups in total. The highest BCUT2D eigenvalue weighted by molar-refractivity contribution is 7.11. The Bertz CT molecular complexity index is 299. The molecule has 0 amide bonds. The molecule has 0 radical (unpaired) electrons. The summed E-state index contributed by atoms with van der Waals surface area (Å²) in [5.74, 6) is -0.270. The van der Waals surface area contributed by atoms with Gasteiger partial charge in [0.15, 0.2) is 0 Å². The fourth-order valence-corrected chi connectivity index (χ4v) is 1.64. The van der Waals surface area contributed by atoms with Crippen molar-refractivity contribution in [3.63, 3.8) is 0 Å². The van der Waals surface area contributed by atoms with Gasteiger partial charge in [-0.1, -0.05) is 6.07 Å². The number of ether oxygens (including phenoxy) is 1. The molecule has 70 valence electrons. The summed E-state index contributed by atoms with van der Waals surface area (Å²) in [6.45, 7) is 4.13. The Morgan fingerprint density at radius 2 is 2.46 bits per heavy atom. The SMILES string of the molecule is CCOC(=O)/C=C(/C)c1cccs1. The lowest BCUT2D eigenvalue weighted by Gasteiger charge is -1.97. The van der Waals surface area contributed by atoms with Gasteiger partial charge in [0.2, 0.25) is 0 Å². The zero-order valence-electron chi connectivity index (χ0n) is 7.74. The van der Waals surface area contributed by atoms with E-state index >= 15 is 0 Å². The average molecular weight is 196 g/mol. The van der Waals surface area contributed by atoms with Crippen LogP contribution < -0.4 is 0 Å². The van der Waals surface area contributed by atoms with Gasteiger partial charge in [0.25, 0.3) is 0 Å². The number of rotatable bonds is 3. The van der Waals surface area contributed by atoms with Gasteiger partial charge in [0.05, 0.1) is 6.61 Å². The summed E-state index contributed by atoms with van der Waals surface area (Å²) in [6, 6.07) is 3.94. The van der Waals surface area contributed by atoms with Crippen molar-refractivity contribution in [2.75, 3.05) is 6.61 Å². The van der Waals surface area contributed by atoms with Gasteiger partial charge < -0.3 is 4.74 Å². The average Bonchev–Trinajstić information content (AvgIpc) is 2.55. The van der Waals surface area contributed by atoms with Gasteiger partial charge >= 0.3 is 5.97 Å². The van der Waals surface area contributed by atoms with Crippen molar-refractivity contribution in [3.8, 4) is 0 Å². The second kappa shape index (κ2) is 4.82. The molecule has 1 heterocycles. The van der Waals surface area contributed by atoms with Gasteiger partial charge in [0.1, 0.15) is 0 Å². The van der Waals surface area contributed by atoms with Crippen molar-refractivity contribution in [1.82, 2.24) is 0 Å². The van der Waals surface area contributed by atoms with Crippen LogP contribution in [0.4, 0.5) is 0 Å². The number of carbonyl (C=O) groups is 1. The highest BCUT2D eigenvalue weighted by atomic mass is 32.1. The van der Waals surface area contributed by atoms with E-state index in [-0.39, 0.29) is 5.97 Å². The van der Waals surface area contributed by atoms with Crippen molar-refractivity contribution >= 4 is 22.9 Å². The quantitative estimate of drug-likeness (QED) is 0.549. The number of carbonyl (C=O) groups excluding carboxylic acids is 1. The van der Waals surface area contributed by atoms with Gasteiger partial charge in [-0.3, -0.25) is 0 Å². The van der Waals surface area contributed by atoms with Crippen LogP contribution in [0.1, 0.15) is 18.7 Å². The van der Waals surface area contributed by atoms with E-state index < -0.39 is 0 Å². The fraction of sp³-hybridized carbons (Fsp3) is 0.300. The Hall–Kier alpha value is -1.09. The van der Waals surface area contributed by atoms with Crippen molar-refractivity contribution in [2.24, 2.45) is 0 Å². The lowest BCUT2D eigenvalue weighted by Crippen LogP contribution is -1.99. The summed E-state index contributed by atoms with van der Waals surface area (Å²) >= 11 is 1.62. The van der Waals surface area contributed by atoms with E-state index in [4.69, 9.17) is 4.74 Å². The zero-order valence-corrected chi connectivity index (χ0v) is 8.56. The lowest BCUT2D eigenvalue weighted by atomic mass is 10.2. The summed E-state index contributed by atoms with van der Waals surface area (Å²) in [5.41, 5.74) is 0.952. The topological polar surface area (TPSA) is 26.3 Å². The van der Waals surface area contributed by atoms with Crippen LogP contribution in [0.25, 0.3) is 5.57 Å². The van der Waals surface area contributed by atoms with Crippen molar-refractivity contribution < 1.29 is 9.53 Å². The normalized spacial score (nSPS) is 11.4. The minimum absolute atomic E-state index is 0.270. The molecule has 2 nitrogen and oxygen atoms in total. The van der Waals surface area contributed by atoms with Gasteiger partial charge in [-0.05, 0) is 30.9 Å². The molecule has 0 bridgehead atoms. The Morgan fingerprint density at radius 1 is 1.69 bits per heavy atom. The minimum atomic E-state index is -0.270. The molecule has 13 heavy (non-hydrogen) atoms. The van der Waals surface area contributed by atoms with Gasteiger partial charge in [-0.15, -0.1) is 11.3 Å². The molecule has 3 heteroatoms. The maximum Gasteiger partial charge on any atom is 0.331 e. The second-order valence-electron chi connectivity index (χ2n) is 2.56. The van der Waals surface area contributed by atoms with E-state index in [2.05, 4.69) is 0 Å². The third-order valence-electron chi connectivity index (χ3n) is 1.53. The maximum atomic E-state index is 11.1. The first kappa shape index (κ1) is 9.99. The highest BCUT2D eigenvalue weighted by Gasteiger charge is 2.00. The standard InChI is InChI=1S/C10H12O2S/c1-3-12-10(11)7-8(2)9-5-4-6-13-9/h4-7H,3H2,1-2H3/b8-7-. The molecule has 0 aliphatic heterocycles. The molecule has 1 aromatic rings. The molecule has 0 fully saturated rings. The zero-order chi connectivity index (χ0) is 9.68. The number of thiophene rings is 1. The van der Waals surface area contributed by atoms with Crippen LogP contribution in [0.15, 0.2) is 23.6 Å².